The lowest BCUT2D eigenvalue weighted by Crippen LogP contribution is -2.38. The lowest BCUT2D eigenvalue weighted by molar-refractivity contribution is 0.0365. The maximum atomic E-state index is 5.65. The van der Waals surface area contributed by atoms with E-state index in [-0.39, 0.29) is 0 Å². The van der Waals surface area contributed by atoms with Crippen LogP contribution in [0, 0.1) is 20.8 Å². The largest absolute Gasteiger partial charge is 0.495 e. The molecule has 3 rings (SSSR count). The second-order valence-corrected chi connectivity index (χ2v) is 6.18. The van der Waals surface area contributed by atoms with E-state index >= 15 is 0 Å². The highest BCUT2D eigenvalue weighted by molar-refractivity contribution is 5.91. The number of aromatic nitrogens is 1. The van der Waals surface area contributed by atoms with E-state index in [4.69, 9.17) is 9.47 Å². The number of morpholine rings is 1. The van der Waals surface area contributed by atoms with Crippen LogP contribution in [0.3, 0.4) is 0 Å². The second kappa shape index (κ2) is 6.31. The van der Waals surface area contributed by atoms with E-state index in [1.807, 2.05) is 0 Å². The lowest BCUT2D eigenvalue weighted by atomic mass is 10.1. The highest BCUT2D eigenvalue weighted by Crippen LogP contribution is 2.33. The average Bonchev–Trinajstić information content (AvgIpc) is 2.77. The molecule has 0 radical (unpaired) electrons. The number of aryl methyl sites for hydroxylation is 2. The molecule has 1 aromatic carbocycles. The van der Waals surface area contributed by atoms with Crippen molar-refractivity contribution in [2.45, 2.75) is 27.3 Å². The van der Waals surface area contributed by atoms with E-state index in [0.29, 0.717) is 0 Å². The maximum Gasteiger partial charge on any atom is 0.143 e. The minimum atomic E-state index is 0.854. The van der Waals surface area contributed by atoms with Gasteiger partial charge in [0.1, 0.15) is 5.75 Å². The molecule has 0 unspecified atom stereocenters. The highest BCUT2D eigenvalue weighted by atomic mass is 16.5. The van der Waals surface area contributed by atoms with Crippen molar-refractivity contribution in [1.29, 1.82) is 0 Å². The summed E-state index contributed by atoms with van der Waals surface area (Å²) in [5, 5.41) is 1.32. The number of ether oxygens (including phenoxy) is 2. The Bertz CT molecular complexity index is 670. The third-order valence-electron chi connectivity index (χ3n) is 4.80. The summed E-state index contributed by atoms with van der Waals surface area (Å²) in [6.07, 6.45) is 0. The molecule has 120 valence electrons. The zero-order valence-electron chi connectivity index (χ0n) is 14.1. The third-order valence-corrected chi connectivity index (χ3v) is 4.80. The first kappa shape index (κ1) is 15.4. The van der Waals surface area contributed by atoms with Gasteiger partial charge in [0, 0.05) is 37.3 Å². The molecular weight excluding hydrogens is 276 g/mol. The van der Waals surface area contributed by atoms with Crippen molar-refractivity contribution < 1.29 is 9.47 Å². The Hall–Kier alpha value is -1.52. The summed E-state index contributed by atoms with van der Waals surface area (Å²) >= 11 is 0. The quantitative estimate of drug-likeness (QED) is 0.869. The van der Waals surface area contributed by atoms with Crippen molar-refractivity contribution in [2.75, 3.05) is 40.0 Å². The molecule has 4 nitrogen and oxygen atoms in total. The molecule has 0 bridgehead atoms. The van der Waals surface area contributed by atoms with Crippen molar-refractivity contribution in [3.05, 3.63) is 29.0 Å². The highest BCUT2D eigenvalue weighted by Gasteiger charge is 2.17. The van der Waals surface area contributed by atoms with Gasteiger partial charge in [-0.2, -0.15) is 0 Å². The van der Waals surface area contributed by atoms with Crippen LogP contribution in [0.1, 0.15) is 16.8 Å². The van der Waals surface area contributed by atoms with Gasteiger partial charge in [0.15, 0.2) is 0 Å². The van der Waals surface area contributed by atoms with Gasteiger partial charge in [0.2, 0.25) is 0 Å². The van der Waals surface area contributed by atoms with Gasteiger partial charge in [-0.1, -0.05) is 0 Å². The van der Waals surface area contributed by atoms with Crippen molar-refractivity contribution >= 4 is 10.9 Å². The Kier molecular flexibility index (Phi) is 4.41. The molecule has 0 atom stereocenters. The van der Waals surface area contributed by atoms with Gasteiger partial charge in [-0.15, -0.1) is 0 Å². The molecule has 0 saturated carbocycles. The van der Waals surface area contributed by atoms with E-state index in [0.717, 1.165) is 45.1 Å². The average molecular weight is 302 g/mol. The summed E-state index contributed by atoms with van der Waals surface area (Å²) < 4.78 is 13.5. The number of hydrogen-bond donors (Lipinski definition) is 0. The van der Waals surface area contributed by atoms with Crippen LogP contribution in [0.2, 0.25) is 0 Å². The zero-order valence-corrected chi connectivity index (χ0v) is 14.1. The molecule has 1 aliphatic heterocycles. The summed E-state index contributed by atoms with van der Waals surface area (Å²) in [5.74, 6) is 0.980. The van der Waals surface area contributed by atoms with E-state index in [1.54, 1.807) is 7.11 Å². The standard InChI is InChI=1S/C18H26N2O2/c1-13-11-16-14(2)15(3)20(18(16)17(12-13)21-4)6-5-19-7-9-22-10-8-19/h11-12H,5-10H2,1-4H3. The summed E-state index contributed by atoms with van der Waals surface area (Å²) in [7, 11) is 1.76. The van der Waals surface area contributed by atoms with Crippen LogP contribution in [-0.4, -0.2) is 49.4 Å². The Balaban J connectivity index is 1.95. The number of fused-ring (bicyclic) bond motifs is 1. The fraction of sp³-hybridized carbons (Fsp3) is 0.556. The Morgan fingerprint density at radius 1 is 1.09 bits per heavy atom. The molecule has 0 spiro atoms. The minimum absolute atomic E-state index is 0.854. The van der Waals surface area contributed by atoms with Gasteiger partial charge in [-0.05, 0) is 44.0 Å². The summed E-state index contributed by atoms with van der Waals surface area (Å²) in [4.78, 5) is 2.48. The number of nitrogens with zero attached hydrogens (tertiary/aromatic N) is 2. The van der Waals surface area contributed by atoms with E-state index in [1.165, 1.54) is 27.7 Å². The molecule has 4 heteroatoms. The van der Waals surface area contributed by atoms with Crippen LogP contribution >= 0.6 is 0 Å². The number of benzene rings is 1. The van der Waals surface area contributed by atoms with Gasteiger partial charge in [0.05, 0.1) is 25.8 Å². The molecule has 22 heavy (non-hydrogen) atoms. The fourth-order valence-electron chi connectivity index (χ4n) is 3.38. The number of methoxy groups -OCH3 is 1. The van der Waals surface area contributed by atoms with E-state index in [2.05, 4.69) is 42.4 Å². The smallest absolute Gasteiger partial charge is 0.143 e. The molecule has 2 heterocycles. The fourth-order valence-corrected chi connectivity index (χ4v) is 3.38. The topological polar surface area (TPSA) is 26.6 Å². The van der Waals surface area contributed by atoms with Gasteiger partial charge in [0.25, 0.3) is 0 Å². The zero-order chi connectivity index (χ0) is 15.7. The van der Waals surface area contributed by atoms with E-state index < -0.39 is 0 Å². The number of hydrogen-bond acceptors (Lipinski definition) is 3. The third kappa shape index (κ3) is 2.73. The van der Waals surface area contributed by atoms with E-state index in [9.17, 15) is 0 Å². The maximum absolute atomic E-state index is 5.65. The summed E-state index contributed by atoms with van der Waals surface area (Å²) in [5.41, 5.74) is 5.18. The monoisotopic (exact) mass is 302 g/mol. The molecule has 0 amide bonds. The molecule has 1 saturated heterocycles. The SMILES string of the molecule is COc1cc(C)cc2c(C)c(C)n(CCN3CCOCC3)c12. The van der Waals surface area contributed by atoms with Crippen molar-refractivity contribution in [1.82, 2.24) is 9.47 Å². The molecule has 2 aromatic rings. The van der Waals surface area contributed by atoms with Gasteiger partial charge in [-0.3, -0.25) is 4.90 Å². The predicted octanol–water partition coefficient (Wildman–Crippen LogP) is 2.91. The van der Waals surface area contributed by atoms with Crippen LogP contribution in [0.5, 0.6) is 5.75 Å². The van der Waals surface area contributed by atoms with Crippen LogP contribution < -0.4 is 4.74 Å². The Morgan fingerprint density at radius 3 is 2.50 bits per heavy atom. The van der Waals surface area contributed by atoms with Gasteiger partial charge >= 0.3 is 0 Å². The summed E-state index contributed by atoms with van der Waals surface area (Å²) in [6, 6.07) is 4.40. The normalized spacial score (nSPS) is 16.4. The lowest BCUT2D eigenvalue weighted by Gasteiger charge is -2.27. The Labute approximate surface area is 132 Å². The molecule has 1 aromatic heterocycles. The van der Waals surface area contributed by atoms with Crippen molar-refractivity contribution in [2.24, 2.45) is 0 Å². The van der Waals surface area contributed by atoms with Gasteiger partial charge < -0.3 is 14.0 Å². The molecule has 1 fully saturated rings. The summed E-state index contributed by atoms with van der Waals surface area (Å²) in [6.45, 7) is 12.4. The second-order valence-electron chi connectivity index (χ2n) is 6.18. The molecule has 0 N–H and O–H groups in total. The Morgan fingerprint density at radius 2 is 1.82 bits per heavy atom. The minimum Gasteiger partial charge on any atom is -0.495 e. The van der Waals surface area contributed by atoms with Gasteiger partial charge in [-0.25, -0.2) is 0 Å². The molecular formula is C18H26N2O2. The van der Waals surface area contributed by atoms with Crippen LogP contribution in [0.15, 0.2) is 12.1 Å². The first-order chi connectivity index (χ1) is 10.6. The number of rotatable bonds is 4. The predicted molar refractivity (Wildman–Crippen MR) is 90.0 cm³/mol. The van der Waals surface area contributed by atoms with Crippen LogP contribution in [0.4, 0.5) is 0 Å². The first-order valence-corrected chi connectivity index (χ1v) is 8.06. The first-order valence-electron chi connectivity index (χ1n) is 8.06. The molecule has 0 aliphatic carbocycles. The molecule has 1 aliphatic rings. The van der Waals surface area contributed by atoms with Crippen molar-refractivity contribution in [3.8, 4) is 5.75 Å². The van der Waals surface area contributed by atoms with Crippen LogP contribution in [0.25, 0.3) is 10.9 Å². The van der Waals surface area contributed by atoms with Crippen LogP contribution in [-0.2, 0) is 11.3 Å². The van der Waals surface area contributed by atoms with Crippen molar-refractivity contribution in [3.63, 3.8) is 0 Å².